The van der Waals surface area contributed by atoms with E-state index in [0.29, 0.717) is 11.1 Å². The van der Waals surface area contributed by atoms with Gasteiger partial charge in [0.15, 0.2) is 17.3 Å². The molecule has 1 heterocycles. The first kappa shape index (κ1) is 13.5. The Hall–Kier alpha value is -0.950. The van der Waals surface area contributed by atoms with Crippen LogP contribution < -0.4 is 4.74 Å². The predicted octanol–water partition coefficient (Wildman–Crippen LogP) is 3.93. The highest BCUT2D eigenvalue weighted by molar-refractivity contribution is 14.1. The number of hydrogen-bond acceptors (Lipinski definition) is 3. The largest absolute Gasteiger partial charge is 0.494 e. The number of halogens is 2. The molecule has 0 saturated carbocycles. The number of rotatable bonds is 4. The minimum absolute atomic E-state index is 0.0514. The summed E-state index contributed by atoms with van der Waals surface area (Å²) in [7, 11) is 1.41. The van der Waals surface area contributed by atoms with Gasteiger partial charge >= 0.3 is 0 Å². The molecule has 0 aliphatic rings. The van der Waals surface area contributed by atoms with Gasteiger partial charge in [-0.25, -0.2) is 4.39 Å². The maximum Gasteiger partial charge on any atom is 0.168 e. The third-order valence-electron chi connectivity index (χ3n) is 2.50. The number of carbonyl (C=O) groups excluding carboxylic acids is 1. The third-order valence-corrected chi connectivity index (χ3v) is 4.29. The van der Waals surface area contributed by atoms with E-state index in [1.807, 2.05) is 6.07 Å². The Balaban J connectivity index is 2.22. The van der Waals surface area contributed by atoms with E-state index in [1.165, 1.54) is 24.5 Å². The van der Waals surface area contributed by atoms with Crippen molar-refractivity contribution in [2.75, 3.05) is 7.11 Å². The molecule has 1 aromatic heterocycles. The number of methoxy groups -OCH3 is 1. The van der Waals surface area contributed by atoms with Gasteiger partial charge in [0, 0.05) is 17.4 Å². The number of carbonyl (C=O) groups is 1. The second-order valence-electron chi connectivity index (χ2n) is 3.67. The lowest BCUT2D eigenvalue weighted by atomic mass is 10.0. The van der Waals surface area contributed by atoms with Crippen LogP contribution in [0.15, 0.2) is 29.6 Å². The first-order valence-electron chi connectivity index (χ1n) is 5.20. The summed E-state index contributed by atoms with van der Waals surface area (Å²) >= 11 is 3.66. The normalized spacial score (nSPS) is 10.4. The van der Waals surface area contributed by atoms with Crippen LogP contribution >= 0.6 is 33.9 Å². The van der Waals surface area contributed by atoms with Crippen LogP contribution in [0.2, 0.25) is 0 Å². The lowest BCUT2D eigenvalue weighted by molar-refractivity contribution is 0.0992. The number of hydrogen-bond donors (Lipinski definition) is 0. The summed E-state index contributed by atoms with van der Waals surface area (Å²) in [6, 6.07) is 6.64. The Bertz CT molecular complexity index is 580. The minimum atomic E-state index is -0.460. The van der Waals surface area contributed by atoms with Gasteiger partial charge < -0.3 is 4.74 Å². The molecule has 2 aromatic rings. The molecule has 0 spiro atoms. The van der Waals surface area contributed by atoms with Gasteiger partial charge in [-0.1, -0.05) is 12.1 Å². The van der Waals surface area contributed by atoms with Crippen molar-refractivity contribution in [3.05, 3.63) is 49.5 Å². The molecule has 0 N–H and O–H groups in total. The first-order valence-corrected chi connectivity index (χ1v) is 7.16. The molecule has 0 amide bonds. The van der Waals surface area contributed by atoms with Crippen molar-refractivity contribution < 1.29 is 13.9 Å². The summed E-state index contributed by atoms with van der Waals surface area (Å²) < 4.78 is 19.8. The second-order valence-corrected chi connectivity index (χ2v) is 6.48. The Kier molecular flexibility index (Phi) is 4.34. The molecule has 0 saturated heterocycles. The molecule has 18 heavy (non-hydrogen) atoms. The Morgan fingerprint density at radius 1 is 1.50 bits per heavy atom. The van der Waals surface area contributed by atoms with Crippen LogP contribution in [0.5, 0.6) is 5.75 Å². The maximum absolute atomic E-state index is 13.9. The van der Waals surface area contributed by atoms with E-state index in [4.69, 9.17) is 4.74 Å². The van der Waals surface area contributed by atoms with Gasteiger partial charge in [-0.2, -0.15) is 0 Å². The number of ketones is 1. The maximum atomic E-state index is 13.9. The van der Waals surface area contributed by atoms with Crippen molar-refractivity contribution >= 4 is 39.7 Å². The van der Waals surface area contributed by atoms with Crippen LogP contribution in [0.3, 0.4) is 0 Å². The van der Waals surface area contributed by atoms with Crippen molar-refractivity contribution in [3.63, 3.8) is 0 Å². The van der Waals surface area contributed by atoms with Crippen molar-refractivity contribution in [2.24, 2.45) is 0 Å². The standard InChI is InChI=1S/C13H10FIO2S/c1-17-11-4-2-3-8(13(11)14)5-10(16)9-6-12(15)18-7-9/h2-4,6-7H,5H2,1H3. The van der Waals surface area contributed by atoms with Crippen LogP contribution in [0.25, 0.3) is 0 Å². The first-order chi connectivity index (χ1) is 8.61. The van der Waals surface area contributed by atoms with E-state index in [9.17, 15) is 9.18 Å². The van der Waals surface area contributed by atoms with Gasteiger partial charge in [0.05, 0.1) is 9.99 Å². The van der Waals surface area contributed by atoms with Crippen LogP contribution in [-0.2, 0) is 6.42 Å². The van der Waals surface area contributed by atoms with Crippen LogP contribution in [0.4, 0.5) is 4.39 Å². The van der Waals surface area contributed by atoms with Crippen molar-refractivity contribution in [2.45, 2.75) is 6.42 Å². The lowest BCUT2D eigenvalue weighted by Crippen LogP contribution is -2.05. The average molecular weight is 376 g/mol. The third kappa shape index (κ3) is 2.89. The molecule has 0 aliphatic heterocycles. The summed E-state index contributed by atoms with van der Waals surface area (Å²) in [5.41, 5.74) is 0.993. The number of thiophene rings is 1. The van der Waals surface area contributed by atoms with E-state index in [2.05, 4.69) is 22.6 Å². The van der Waals surface area contributed by atoms with Crippen LogP contribution in [-0.4, -0.2) is 12.9 Å². The zero-order valence-corrected chi connectivity index (χ0v) is 12.5. The summed E-state index contributed by atoms with van der Waals surface area (Å²) in [6.45, 7) is 0. The minimum Gasteiger partial charge on any atom is -0.494 e. The van der Waals surface area contributed by atoms with E-state index in [0.717, 1.165) is 2.88 Å². The highest BCUT2D eigenvalue weighted by Crippen LogP contribution is 2.23. The van der Waals surface area contributed by atoms with Gasteiger partial charge in [-0.3, -0.25) is 4.79 Å². The van der Waals surface area contributed by atoms with Crippen molar-refractivity contribution in [1.82, 2.24) is 0 Å². The molecule has 2 rings (SSSR count). The van der Waals surface area contributed by atoms with Crippen molar-refractivity contribution in [1.29, 1.82) is 0 Å². The van der Waals surface area contributed by atoms with E-state index in [1.54, 1.807) is 17.5 Å². The fourth-order valence-electron chi connectivity index (χ4n) is 1.58. The molecule has 5 heteroatoms. The Labute approximate surface area is 122 Å². The molecule has 0 fully saturated rings. The second kappa shape index (κ2) is 5.79. The van der Waals surface area contributed by atoms with E-state index < -0.39 is 5.82 Å². The zero-order chi connectivity index (χ0) is 13.1. The molecule has 94 valence electrons. The molecule has 0 unspecified atom stereocenters. The molecule has 0 atom stereocenters. The Morgan fingerprint density at radius 3 is 2.89 bits per heavy atom. The van der Waals surface area contributed by atoms with E-state index >= 15 is 0 Å². The molecule has 0 aliphatic carbocycles. The molecular formula is C13H10FIO2S. The zero-order valence-electron chi connectivity index (χ0n) is 9.57. The Morgan fingerprint density at radius 2 is 2.28 bits per heavy atom. The topological polar surface area (TPSA) is 26.3 Å². The summed E-state index contributed by atoms with van der Waals surface area (Å²) in [5, 5.41) is 1.79. The smallest absolute Gasteiger partial charge is 0.168 e. The molecule has 2 nitrogen and oxygen atoms in total. The fraction of sp³-hybridized carbons (Fsp3) is 0.154. The van der Waals surface area contributed by atoms with Crippen LogP contribution in [0, 0.1) is 8.70 Å². The molecule has 0 bridgehead atoms. The number of Topliss-reactive ketones (excluding diaryl/α,β-unsaturated/α-hetero) is 1. The quantitative estimate of drug-likeness (QED) is 0.597. The number of benzene rings is 1. The molecule has 1 aromatic carbocycles. The average Bonchev–Trinajstić information content (AvgIpc) is 2.78. The summed E-state index contributed by atoms with van der Waals surface area (Å²) in [6.07, 6.45) is 0.0514. The van der Waals surface area contributed by atoms with Gasteiger partial charge in [0.2, 0.25) is 0 Å². The van der Waals surface area contributed by atoms with Gasteiger partial charge in [-0.15, -0.1) is 11.3 Å². The monoisotopic (exact) mass is 376 g/mol. The molecular weight excluding hydrogens is 366 g/mol. The lowest BCUT2D eigenvalue weighted by Gasteiger charge is -2.06. The fourth-order valence-corrected chi connectivity index (χ4v) is 2.93. The SMILES string of the molecule is COc1cccc(CC(=O)c2csc(I)c2)c1F. The van der Waals surface area contributed by atoms with Gasteiger partial charge in [0.1, 0.15) is 0 Å². The summed E-state index contributed by atoms with van der Waals surface area (Å²) in [5.74, 6) is -0.375. The van der Waals surface area contributed by atoms with Crippen LogP contribution in [0.1, 0.15) is 15.9 Å². The summed E-state index contributed by atoms with van der Waals surface area (Å²) in [4.78, 5) is 12.0. The number of ether oxygens (including phenoxy) is 1. The van der Waals surface area contributed by atoms with E-state index in [-0.39, 0.29) is 18.0 Å². The van der Waals surface area contributed by atoms with Crippen molar-refractivity contribution in [3.8, 4) is 5.75 Å². The highest BCUT2D eigenvalue weighted by Gasteiger charge is 2.14. The molecule has 0 radical (unpaired) electrons. The van der Waals surface area contributed by atoms with Gasteiger partial charge in [-0.05, 0) is 40.3 Å². The van der Waals surface area contributed by atoms with Gasteiger partial charge in [0.25, 0.3) is 0 Å². The predicted molar refractivity (Wildman–Crippen MR) is 78.0 cm³/mol. The highest BCUT2D eigenvalue weighted by atomic mass is 127.